The zero-order valence-electron chi connectivity index (χ0n) is 10.2. The molecule has 1 aromatic carbocycles. The van der Waals surface area contributed by atoms with E-state index in [1.54, 1.807) is 0 Å². The average Bonchev–Trinajstić information content (AvgIpc) is 2.32. The Morgan fingerprint density at radius 3 is 2.55 bits per heavy atom. The highest BCUT2D eigenvalue weighted by molar-refractivity contribution is 5.89. The summed E-state index contributed by atoms with van der Waals surface area (Å²) in [6, 6.07) is 1.15. The van der Waals surface area contributed by atoms with E-state index < -0.39 is 42.2 Å². The molecule has 9 heteroatoms. The SMILES string of the molecule is CN(CC(O)C(F)(F)F)C(=O)Nc1cc(F)ccc1F. The number of amides is 2. The van der Waals surface area contributed by atoms with Crippen molar-refractivity contribution < 1.29 is 31.9 Å². The van der Waals surface area contributed by atoms with Crippen LogP contribution in [0.5, 0.6) is 0 Å². The van der Waals surface area contributed by atoms with Gasteiger partial charge in [-0.05, 0) is 12.1 Å². The monoisotopic (exact) mass is 298 g/mol. The summed E-state index contributed by atoms with van der Waals surface area (Å²) < 4.78 is 62.4. The van der Waals surface area contributed by atoms with Crippen LogP contribution in [0.15, 0.2) is 18.2 Å². The molecule has 0 saturated carbocycles. The maximum absolute atomic E-state index is 13.2. The van der Waals surface area contributed by atoms with Gasteiger partial charge in [0, 0.05) is 13.1 Å². The van der Waals surface area contributed by atoms with Gasteiger partial charge in [0.05, 0.1) is 12.2 Å². The number of nitrogens with zero attached hydrogens (tertiary/aromatic N) is 1. The second-order valence-electron chi connectivity index (χ2n) is 3.99. The number of alkyl halides is 3. The summed E-state index contributed by atoms with van der Waals surface area (Å²) in [5, 5.41) is 10.7. The summed E-state index contributed by atoms with van der Waals surface area (Å²) in [7, 11) is 0.974. The number of aliphatic hydroxyl groups excluding tert-OH is 1. The van der Waals surface area contributed by atoms with Crippen molar-refractivity contribution in [2.45, 2.75) is 12.3 Å². The molecule has 0 aromatic heterocycles. The zero-order valence-corrected chi connectivity index (χ0v) is 10.2. The van der Waals surface area contributed by atoms with Crippen molar-refractivity contribution in [3.63, 3.8) is 0 Å². The minimum absolute atomic E-state index is 0.502. The number of benzene rings is 1. The van der Waals surface area contributed by atoms with Crippen LogP contribution >= 0.6 is 0 Å². The number of anilines is 1. The van der Waals surface area contributed by atoms with E-state index in [4.69, 9.17) is 5.11 Å². The molecule has 1 unspecified atom stereocenters. The van der Waals surface area contributed by atoms with Crippen molar-refractivity contribution in [3.05, 3.63) is 29.8 Å². The molecule has 1 rings (SSSR count). The van der Waals surface area contributed by atoms with Crippen LogP contribution in [0.2, 0.25) is 0 Å². The van der Waals surface area contributed by atoms with Gasteiger partial charge < -0.3 is 15.3 Å². The van der Waals surface area contributed by atoms with Crippen LogP contribution in [0.4, 0.5) is 32.4 Å². The van der Waals surface area contributed by atoms with Gasteiger partial charge in [0.15, 0.2) is 6.10 Å². The number of likely N-dealkylation sites (N-methyl/N-ethyl adjacent to an activating group) is 1. The molecule has 0 bridgehead atoms. The van der Waals surface area contributed by atoms with Gasteiger partial charge in [-0.3, -0.25) is 0 Å². The molecule has 1 aromatic rings. The van der Waals surface area contributed by atoms with Crippen LogP contribution in [-0.2, 0) is 0 Å². The first-order chi connectivity index (χ1) is 9.11. The number of nitrogens with one attached hydrogen (secondary N) is 1. The lowest BCUT2D eigenvalue weighted by Crippen LogP contribution is -2.43. The van der Waals surface area contributed by atoms with Gasteiger partial charge in [-0.1, -0.05) is 0 Å². The quantitative estimate of drug-likeness (QED) is 0.842. The molecule has 2 amide bonds. The lowest BCUT2D eigenvalue weighted by Gasteiger charge is -2.22. The first-order valence-corrected chi connectivity index (χ1v) is 5.33. The number of rotatable bonds is 3. The topological polar surface area (TPSA) is 52.6 Å². The van der Waals surface area contributed by atoms with Gasteiger partial charge >= 0.3 is 12.2 Å². The summed E-state index contributed by atoms with van der Waals surface area (Å²) in [5.74, 6) is -1.76. The van der Waals surface area contributed by atoms with Crippen LogP contribution in [-0.4, -0.2) is 41.9 Å². The molecule has 0 aliphatic rings. The minimum Gasteiger partial charge on any atom is -0.382 e. The molecular formula is C11H11F5N2O2. The van der Waals surface area contributed by atoms with E-state index in [1.165, 1.54) is 0 Å². The van der Waals surface area contributed by atoms with Crippen LogP contribution in [0, 0.1) is 11.6 Å². The van der Waals surface area contributed by atoms with E-state index in [0.717, 1.165) is 19.2 Å². The maximum atomic E-state index is 13.2. The molecule has 2 N–H and O–H groups in total. The van der Waals surface area contributed by atoms with Gasteiger partial charge in [0.1, 0.15) is 11.6 Å². The number of halogens is 5. The summed E-state index contributed by atoms with van der Waals surface area (Å²) in [6.45, 7) is -1.04. The Labute approximate surface area is 110 Å². The second-order valence-corrected chi connectivity index (χ2v) is 3.99. The molecule has 112 valence electrons. The van der Waals surface area contributed by atoms with Crippen molar-refractivity contribution >= 4 is 11.7 Å². The standard InChI is InChI=1S/C11H11F5N2O2/c1-18(5-9(19)11(14,15)16)10(20)17-8-4-6(12)2-3-7(8)13/h2-4,9,19H,5H2,1H3,(H,17,20). The molecule has 4 nitrogen and oxygen atoms in total. The molecule has 0 saturated heterocycles. The third kappa shape index (κ3) is 4.34. The number of hydrogen-bond donors (Lipinski definition) is 2. The molecule has 20 heavy (non-hydrogen) atoms. The van der Waals surface area contributed by atoms with Gasteiger partial charge in [-0.15, -0.1) is 0 Å². The third-order valence-electron chi connectivity index (χ3n) is 2.34. The van der Waals surface area contributed by atoms with E-state index >= 15 is 0 Å². The van der Waals surface area contributed by atoms with Crippen molar-refractivity contribution in [1.29, 1.82) is 0 Å². The average molecular weight is 298 g/mol. The third-order valence-corrected chi connectivity index (χ3v) is 2.34. The Morgan fingerprint density at radius 1 is 1.40 bits per heavy atom. The molecule has 0 fully saturated rings. The smallest absolute Gasteiger partial charge is 0.382 e. The first-order valence-electron chi connectivity index (χ1n) is 5.33. The number of carbonyl (C=O) groups excluding carboxylic acids is 1. The minimum atomic E-state index is -4.88. The van der Waals surface area contributed by atoms with Crippen molar-refractivity contribution in [1.82, 2.24) is 4.90 Å². The fraction of sp³-hybridized carbons (Fsp3) is 0.364. The van der Waals surface area contributed by atoms with Crippen molar-refractivity contribution in [2.75, 3.05) is 18.9 Å². The molecular weight excluding hydrogens is 287 g/mol. The molecule has 0 aliphatic heterocycles. The number of aliphatic hydroxyl groups is 1. The summed E-state index contributed by atoms with van der Waals surface area (Å²) in [6.07, 6.45) is -7.60. The lowest BCUT2D eigenvalue weighted by atomic mass is 10.3. The van der Waals surface area contributed by atoms with Crippen molar-refractivity contribution in [3.8, 4) is 0 Å². The Balaban J connectivity index is 2.69. The van der Waals surface area contributed by atoms with E-state index in [2.05, 4.69) is 0 Å². The fourth-order valence-corrected chi connectivity index (χ4v) is 1.25. The van der Waals surface area contributed by atoms with E-state index in [9.17, 15) is 26.7 Å². The second kappa shape index (κ2) is 6.04. The van der Waals surface area contributed by atoms with Crippen LogP contribution in [0.1, 0.15) is 0 Å². The highest BCUT2D eigenvalue weighted by Crippen LogP contribution is 2.21. The van der Waals surface area contributed by atoms with Gasteiger partial charge in [-0.25, -0.2) is 13.6 Å². The summed E-state index contributed by atoms with van der Waals surface area (Å²) in [5.41, 5.74) is -0.511. The summed E-state index contributed by atoms with van der Waals surface area (Å²) >= 11 is 0. The lowest BCUT2D eigenvalue weighted by molar-refractivity contribution is -0.205. The van der Waals surface area contributed by atoms with Gasteiger partial charge in [0.25, 0.3) is 0 Å². The number of urea groups is 1. The van der Waals surface area contributed by atoms with E-state index in [1.807, 2.05) is 5.32 Å². The first kappa shape index (κ1) is 16.2. The Bertz CT molecular complexity index is 492. The fourth-order valence-electron chi connectivity index (χ4n) is 1.25. The molecule has 0 heterocycles. The molecule has 0 radical (unpaired) electrons. The van der Waals surface area contributed by atoms with E-state index in [-0.39, 0.29) is 0 Å². The number of carbonyl (C=O) groups is 1. The van der Waals surface area contributed by atoms with E-state index in [0.29, 0.717) is 11.0 Å². The Morgan fingerprint density at radius 2 is 2.00 bits per heavy atom. The van der Waals surface area contributed by atoms with Crippen molar-refractivity contribution in [2.24, 2.45) is 0 Å². The summed E-state index contributed by atoms with van der Waals surface area (Å²) in [4.78, 5) is 12.0. The predicted octanol–water partition coefficient (Wildman–Crippen LogP) is 2.35. The van der Waals surface area contributed by atoms with Crippen LogP contribution < -0.4 is 5.32 Å². The van der Waals surface area contributed by atoms with Crippen LogP contribution in [0.3, 0.4) is 0 Å². The van der Waals surface area contributed by atoms with Crippen LogP contribution in [0.25, 0.3) is 0 Å². The highest BCUT2D eigenvalue weighted by Gasteiger charge is 2.39. The largest absolute Gasteiger partial charge is 0.416 e. The molecule has 0 aliphatic carbocycles. The highest BCUT2D eigenvalue weighted by atomic mass is 19.4. The molecule has 1 atom stereocenters. The normalized spacial score (nSPS) is 12.9. The van der Waals surface area contributed by atoms with Gasteiger partial charge in [-0.2, -0.15) is 13.2 Å². The Hall–Kier alpha value is -1.90. The van der Waals surface area contributed by atoms with Gasteiger partial charge in [0.2, 0.25) is 0 Å². The zero-order chi connectivity index (χ0) is 15.5. The predicted molar refractivity (Wildman–Crippen MR) is 60.1 cm³/mol. The number of hydrogen-bond acceptors (Lipinski definition) is 2. The molecule has 0 spiro atoms. The maximum Gasteiger partial charge on any atom is 0.416 e. The Kier molecular flexibility index (Phi) is 4.88.